The van der Waals surface area contributed by atoms with Crippen LogP contribution in [0.15, 0.2) is 40.9 Å². The molecule has 4 heteroatoms. The van der Waals surface area contributed by atoms with E-state index in [1.165, 1.54) is 6.07 Å². The van der Waals surface area contributed by atoms with Crippen LogP contribution in [-0.4, -0.2) is 7.05 Å². The molecule has 2 aromatic rings. The minimum Gasteiger partial charge on any atom is -0.397 e. The van der Waals surface area contributed by atoms with E-state index in [-0.39, 0.29) is 5.82 Å². The van der Waals surface area contributed by atoms with Gasteiger partial charge in [-0.2, -0.15) is 0 Å². The maximum absolute atomic E-state index is 13.9. The van der Waals surface area contributed by atoms with Crippen molar-refractivity contribution >= 4 is 33.0 Å². The first-order chi connectivity index (χ1) is 8.50. The lowest BCUT2D eigenvalue weighted by Crippen LogP contribution is -2.14. The summed E-state index contributed by atoms with van der Waals surface area (Å²) < 4.78 is 14.7. The zero-order valence-electron chi connectivity index (χ0n) is 10.2. The van der Waals surface area contributed by atoms with E-state index >= 15 is 0 Å². The van der Waals surface area contributed by atoms with Crippen LogP contribution in [0.4, 0.5) is 21.5 Å². The molecule has 0 radical (unpaired) electrons. The van der Waals surface area contributed by atoms with Crippen molar-refractivity contribution in [1.82, 2.24) is 0 Å². The number of halogens is 2. The summed E-state index contributed by atoms with van der Waals surface area (Å²) in [7, 11) is 1.81. The Morgan fingerprint density at radius 3 is 2.61 bits per heavy atom. The second-order valence-corrected chi connectivity index (χ2v) is 5.08. The molecule has 0 fully saturated rings. The molecule has 2 rings (SSSR count). The van der Waals surface area contributed by atoms with E-state index in [1.807, 2.05) is 32.2 Å². The summed E-state index contributed by atoms with van der Waals surface area (Å²) in [6.07, 6.45) is 0. The lowest BCUT2D eigenvalue weighted by atomic mass is 10.1. The molecule has 0 saturated carbocycles. The Kier molecular flexibility index (Phi) is 3.57. The SMILES string of the molecule is Cc1cccc(N)c1N(C)c1cc(Br)ccc1F. The molecule has 0 atom stereocenters. The Labute approximate surface area is 114 Å². The second kappa shape index (κ2) is 4.98. The lowest BCUT2D eigenvalue weighted by Gasteiger charge is -2.24. The van der Waals surface area contributed by atoms with Crippen molar-refractivity contribution < 1.29 is 4.39 Å². The van der Waals surface area contributed by atoms with Crippen molar-refractivity contribution in [1.29, 1.82) is 0 Å². The topological polar surface area (TPSA) is 29.3 Å². The Balaban J connectivity index is 2.54. The number of hydrogen-bond donors (Lipinski definition) is 1. The van der Waals surface area contributed by atoms with Crippen molar-refractivity contribution in [3.05, 3.63) is 52.3 Å². The van der Waals surface area contributed by atoms with Crippen LogP contribution in [0.5, 0.6) is 0 Å². The van der Waals surface area contributed by atoms with E-state index < -0.39 is 0 Å². The van der Waals surface area contributed by atoms with Crippen LogP contribution in [0.3, 0.4) is 0 Å². The van der Waals surface area contributed by atoms with Gasteiger partial charge in [-0.15, -0.1) is 0 Å². The maximum atomic E-state index is 13.9. The van der Waals surface area contributed by atoms with Gasteiger partial charge in [-0.1, -0.05) is 28.1 Å². The van der Waals surface area contributed by atoms with Gasteiger partial charge in [0.15, 0.2) is 0 Å². The molecule has 0 heterocycles. The molecule has 0 amide bonds. The highest BCUT2D eigenvalue weighted by molar-refractivity contribution is 9.10. The van der Waals surface area contributed by atoms with Gasteiger partial charge >= 0.3 is 0 Å². The minimum atomic E-state index is -0.275. The molecule has 0 aliphatic heterocycles. The molecule has 0 aliphatic carbocycles. The zero-order valence-corrected chi connectivity index (χ0v) is 11.8. The summed E-state index contributed by atoms with van der Waals surface area (Å²) in [5.74, 6) is -0.275. The van der Waals surface area contributed by atoms with E-state index in [0.717, 1.165) is 15.7 Å². The average molecular weight is 309 g/mol. The molecule has 94 valence electrons. The van der Waals surface area contributed by atoms with Crippen LogP contribution in [0.2, 0.25) is 0 Å². The maximum Gasteiger partial charge on any atom is 0.146 e. The van der Waals surface area contributed by atoms with Gasteiger partial charge in [0.2, 0.25) is 0 Å². The molecule has 0 bridgehead atoms. The molecule has 0 spiro atoms. The fourth-order valence-corrected chi connectivity index (χ4v) is 2.35. The fourth-order valence-electron chi connectivity index (χ4n) is 2.00. The highest BCUT2D eigenvalue weighted by Crippen LogP contribution is 2.34. The van der Waals surface area contributed by atoms with Crippen molar-refractivity contribution in [2.24, 2.45) is 0 Å². The quantitative estimate of drug-likeness (QED) is 0.841. The monoisotopic (exact) mass is 308 g/mol. The third kappa shape index (κ3) is 2.34. The van der Waals surface area contributed by atoms with E-state index in [4.69, 9.17) is 5.73 Å². The van der Waals surface area contributed by atoms with E-state index in [9.17, 15) is 4.39 Å². The Morgan fingerprint density at radius 1 is 1.22 bits per heavy atom. The Morgan fingerprint density at radius 2 is 1.94 bits per heavy atom. The highest BCUT2D eigenvalue weighted by Gasteiger charge is 2.14. The lowest BCUT2D eigenvalue weighted by molar-refractivity contribution is 0.627. The van der Waals surface area contributed by atoms with E-state index in [2.05, 4.69) is 15.9 Å². The minimum absolute atomic E-state index is 0.275. The zero-order chi connectivity index (χ0) is 13.3. The first-order valence-electron chi connectivity index (χ1n) is 5.54. The van der Waals surface area contributed by atoms with Gasteiger partial charge < -0.3 is 10.6 Å². The Hall–Kier alpha value is -1.55. The standard InChI is InChI=1S/C14H14BrFN2/c1-9-4-3-5-12(17)14(9)18(2)13-8-10(15)6-7-11(13)16/h3-8H,17H2,1-2H3. The van der Waals surface area contributed by atoms with E-state index in [0.29, 0.717) is 11.4 Å². The third-order valence-electron chi connectivity index (χ3n) is 2.87. The van der Waals surface area contributed by atoms with Crippen LogP contribution in [0.1, 0.15) is 5.56 Å². The molecule has 18 heavy (non-hydrogen) atoms. The van der Waals surface area contributed by atoms with Crippen LogP contribution >= 0.6 is 15.9 Å². The van der Waals surface area contributed by atoms with Crippen molar-refractivity contribution in [2.75, 3.05) is 17.7 Å². The number of aryl methyl sites for hydroxylation is 1. The molecule has 0 aromatic heterocycles. The number of anilines is 3. The summed E-state index contributed by atoms with van der Waals surface area (Å²) in [4.78, 5) is 1.77. The summed E-state index contributed by atoms with van der Waals surface area (Å²) in [5.41, 5.74) is 8.94. The van der Waals surface area contributed by atoms with Crippen LogP contribution in [0, 0.1) is 12.7 Å². The van der Waals surface area contributed by atoms with Crippen LogP contribution in [0.25, 0.3) is 0 Å². The molecule has 2 aromatic carbocycles. The molecular formula is C14H14BrFN2. The van der Waals surface area contributed by atoms with Crippen LogP contribution < -0.4 is 10.6 Å². The number of nitrogens with two attached hydrogens (primary N) is 1. The van der Waals surface area contributed by atoms with Gasteiger partial charge in [-0.3, -0.25) is 0 Å². The highest BCUT2D eigenvalue weighted by atomic mass is 79.9. The number of nitrogens with zero attached hydrogens (tertiary/aromatic N) is 1. The summed E-state index contributed by atoms with van der Waals surface area (Å²) in [5, 5.41) is 0. The first-order valence-corrected chi connectivity index (χ1v) is 6.34. The normalized spacial score (nSPS) is 10.4. The van der Waals surface area contributed by atoms with Crippen LogP contribution in [-0.2, 0) is 0 Å². The van der Waals surface area contributed by atoms with E-state index in [1.54, 1.807) is 17.0 Å². The van der Waals surface area contributed by atoms with Gasteiger partial charge in [0.25, 0.3) is 0 Å². The van der Waals surface area contributed by atoms with Gasteiger partial charge in [0.1, 0.15) is 5.82 Å². The molecule has 0 saturated heterocycles. The number of para-hydroxylation sites is 1. The van der Waals surface area contributed by atoms with Gasteiger partial charge in [-0.05, 0) is 36.8 Å². The van der Waals surface area contributed by atoms with Gasteiger partial charge in [-0.25, -0.2) is 4.39 Å². The molecule has 2 nitrogen and oxygen atoms in total. The van der Waals surface area contributed by atoms with Gasteiger partial charge in [0.05, 0.1) is 17.1 Å². The molecule has 0 aliphatic rings. The number of benzene rings is 2. The average Bonchev–Trinajstić information content (AvgIpc) is 2.32. The fraction of sp³-hybridized carbons (Fsp3) is 0.143. The largest absolute Gasteiger partial charge is 0.397 e. The first kappa shape index (κ1) is 12.9. The van der Waals surface area contributed by atoms with Crippen molar-refractivity contribution in [3.63, 3.8) is 0 Å². The summed E-state index contributed by atoms with van der Waals surface area (Å²) >= 11 is 3.35. The number of rotatable bonds is 2. The Bertz CT molecular complexity index is 564. The molecule has 0 unspecified atom stereocenters. The third-order valence-corrected chi connectivity index (χ3v) is 3.37. The number of nitrogen functional groups attached to an aromatic ring is 1. The van der Waals surface area contributed by atoms with Gasteiger partial charge in [0, 0.05) is 11.5 Å². The smallest absolute Gasteiger partial charge is 0.146 e. The molecule has 2 N–H and O–H groups in total. The number of hydrogen-bond acceptors (Lipinski definition) is 2. The summed E-state index contributed by atoms with van der Waals surface area (Å²) in [6, 6.07) is 10.5. The molecular weight excluding hydrogens is 295 g/mol. The predicted molar refractivity (Wildman–Crippen MR) is 77.8 cm³/mol. The van der Waals surface area contributed by atoms with Crippen molar-refractivity contribution in [2.45, 2.75) is 6.92 Å². The summed E-state index contributed by atoms with van der Waals surface area (Å²) in [6.45, 7) is 1.96. The van der Waals surface area contributed by atoms with Crippen molar-refractivity contribution in [3.8, 4) is 0 Å². The second-order valence-electron chi connectivity index (χ2n) is 4.17. The predicted octanol–water partition coefficient (Wildman–Crippen LogP) is 4.25.